The molecule has 10 nitrogen and oxygen atoms in total. The number of rotatable bonds is 62. The Labute approximate surface area is 709 Å². The van der Waals surface area contributed by atoms with E-state index in [1.165, 1.54) is 290 Å². The molecule has 5 heterocycles. The van der Waals surface area contributed by atoms with Crippen molar-refractivity contribution in [2.75, 3.05) is 13.2 Å². The second-order valence-corrected chi connectivity index (χ2v) is 34.1. The molecule has 0 amide bonds. The summed E-state index contributed by atoms with van der Waals surface area (Å²) in [6.07, 6.45) is 82.0. The average Bonchev–Trinajstić information content (AvgIpc) is 1.57. The second-order valence-electron chi connectivity index (χ2n) is 34.1. The summed E-state index contributed by atoms with van der Waals surface area (Å²) in [5.41, 5.74) is 14.9. The molecule has 8 bridgehead atoms. The molecule has 0 aliphatic carbocycles. The van der Waals surface area contributed by atoms with Gasteiger partial charge in [0.1, 0.15) is 11.5 Å². The third-order valence-corrected chi connectivity index (χ3v) is 24.6. The van der Waals surface area contributed by atoms with E-state index >= 15 is 0 Å². The molecule has 0 saturated heterocycles. The average molecular weight is 1610 g/mol. The van der Waals surface area contributed by atoms with Gasteiger partial charge < -0.3 is 34.4 Å². The number of hydrogen-bond acceptors (Lipinski definition) is 8. The van der Waals surface area contributed by atoms with Gasteiger partial charge in [-0.1, -0.05) is 386 Å². The molecule has 7 aromatic rings. The number of ether oxygens (including phenoxy) is 2. The normalized spacial score (nSPS) is 11.7. The topological polar surface area (TPSA) is 124 Å². The molecule has 0 unspecified atom stereocenters. The van der Waals surface area contributed by atoms with Gasteiger partial charge in [-0.2, -0.15) is 0 Å². The van der Waals surface area contributed by atoms with Crippen LogP contribution in [0.2, 0.25) is 0 Å². The summed E-state index contributed by atoms with van der Waals surface area (Å²) in [6, 6.07) is 14.6. The van der Waals surface area contributed by atoms with Crippen LogP contribution in [0.3, 0.4) is 0 Å². The molecule has 4 aromatic carbocycles. The Hall–Kier alpha value is -6.55. The van der Waals surface area contributed by atoms with Crippen LogP contribution in [0.4, 0.5) is 0 Å². The summed E-state index contributed by atoms with van der Waals surface area (Å²) in [5, 5.41) is 3.35. The number of terminal acetylenes is 2. The minimum Gasteiger partial charge on any atom is -0.492 e. The van der Waals surface area contributed by atoms with E-state index in [-0.39, 0.29) is 16.5 Å². The van der Waals surface area contributed by atoms with Crippen LogP contribution < -0.4 is 19.4 Å². The number of unbranched alkanes of at least 4 members (excludes halogenated alkanes) is 44. The monoisotopic (exact) mass is 1600 g/mol. The van der Waals surface area contributed by atoms with Gasteiger partial charge in [-0.05, 0) is 134 Å². The summed E-state index contributed by atoms with van der Waals surface area (Å²) in [7, 11) is 0. The van der Waals surface area contributed by atoms with Crippen molar-refractivity contribution in [3.63, 3.8) is 0 Å². The van der Waals surface area contributed by atoms with Gasteiger partial charge in [-0.3, -0.25) is 0 Å². The van der Waals surface area contributed by atoms with Crippen LogP contribution in [0.15, 0.2) is 36.4 Å². The summed E-state index contributed by atoms with van der Waals surface area (Å²) >= 11 is 0. The van der Waals surface area contributed by atoms with Gasteiger partial charge in [0.2, 0.25) is 0 Å². The molecule has 2 aliphatic rings. The molecule has 0 fully saturated rings. The van der Waals surface area contributed by atoms with E-state index in [0.29, 0.717) is 92.5 Å². The summed E-state index contributed by atoms with van der Waals surface area (Å²) in [6.45, 7) is 19.1. The molecular weight excluding hydrogens is 1450 g/mol. The predicted octanol–water partition coefficient (Wildman–Crippen LogP) is 30.5. The Morgan fingerprint density at radius 2 is 0.443 bits per heavy atom. The fraction of sp³-hybridized carbons (Fsp3) is 0.654. The van der Waals surface area contributed by atoms with Crippen molar-refractivity contribution in [1.82, 2.24) is 39.9 Å². The van der Waals surface area contributed by atoms with E-state index in [4.69, 9.17) is 62.2 Å². The van der Waals surface area contributed by atoms with Gasteiger partial charge in [0, 0.05) is 55.6 Å². The van der Waals surface area contributed by atoms with Crippen molar-refractivity contribution in [3.05, 3.63) is 80.9 Å². The van der Waals surface area contributed by atoms with Gasteiger partial charge in [0.25, 0.3) is 0 Å². The Bertz CT molecular complexity index is 4260. The molecule has 0 spiro atoms. The van der Waals surface area contributed by atoms with Crippen molar-refractivity contribution in [2.45, 2.75) is 428 Å². The van der Waals surface area contributed by atoms with Gasteiger partial charge in [0.05, 0.1) is 36.0 Å². The minimum absolute atomic E-state index is 0. The van der Waals surface area contributed by atoms with E-state index in [1.807, 2.05) is 0 Å². The zero-order chi connectivity index (χ0) is 80.2. The summed E-state index contributed by atoms with van der Waals surface area (Å²) < 4.78 is 14.2. The Morgan fingerprint density at radius 1 is 0.243 bits per heavy atom. The van der Waals surface area contributed by atoms with Crippen molar-refractivity contribution in [1.29, 1.82) is 0 Å². The van der Waals surface area contributed by atoms with Gasteiger partial charge in [-0.15, -0.1) is 12.8 Å². The second kappa shape index (κ2) is 54.5. The Balaban J connectivity index is 0.0000165. The van der Waals surface area contributed by atoms with Crippen molar-refractivity contribution in [3.8, 4) is 81.7 Å². The largest absolute Gasteiger partial charge is 2.00 e. The summed E-state index contributed by atoms with van der Waals surface area (Å²) in [5.74, 6) is 9.71. The first-order valence-corrected chi connectivity index (χ1v) is 47.9. The van der Waals surface area contributed by atoms with Gasteiger partial charge >= 0.3 is 16.5 Å². The predicted molar refractivity (Wildman–Crippen MR) is 489 cm³/mol. The fourth-order valence-corrected chi connectivity index (χ4v) is 17.8. The van der Waals surface area contributed by atoms with E-state index in [2.05, 4.69) is 104 Å². The number of aromatic nitrogens is 8. The van der Waals surface area contributed by atoms with Crippen LogP contribution in [0, 0.1) is 24.7 Å². The SMILES string of the molecule is C#Cc1c(C#C)c(OCCCC)c2c3nc4[n-]c(nc5nc(nc6nc(nc([n-]3)c2c1OCCCC)-c1c(CCCCCCCCCC)ccc(CCCCCCCCCC)c1-6)-c1c(CCCCCCCCCC)ccc(CCCCCCCCCC)c1-5)c1c(CCCCCCCCCC)ccc(CCCCCCCCCC)c41.[Ni+2]. The first kappa shape index (κ1) is 93.9. The van der Waals surface area contributed by atoms with Gasteiger partial charge in [0.15, 0.2) is 11.6 Å². The molecule has 0 saturated carbocycles. The third-order valence-electron chi connectivity index (χ3n) is 24.6. The molecule has 11 heteroatoms. The third kappa shape index (κ3) is 28.0. The van der Waals surface area contributed by atoms with Crippen molar-refractivity contribution < 1.29 is 26.0 Å². The molecule has 2 aliphatic heterocycles. The van der Waals surface area contributed by atoms with Crippen LogP contribution in [-0.4, -0.2) is 43.1 Å². The van der Waals surface area contributed by atoms with Gasteiger partial charge in [-0.25, -0.2) is 15.0 Å². The zero-order valence-electron chi connectivity index (χ0n) is 73.8. The van der Waals surface area contributed by atoms with E-state index in [9.17, 15) is 0 Å². The van der Waals surface area contributed by atoms with E-state index in [1.54, 1.807) is 0 Å². The van der Waals surface area contributed by atoms with E-state index < -0.39 is 0 Å². The molecule has 630 valence electrons. The Morgan fingerprint density at radius 3 is 0.696 bits per heavy atom. The van der Waals surface area contributed by atoms with Crippen LogP contribution in [-0.2, 0) is 55.0 Å². The standard InChI is InChI=1S/C104H152N8O2.Ni/c1-11-21-29-35-41-47-53-59-65-79-71-72-80(66-60-54-48-42-36-30-22-12-2)88-87(79)97-105-98(88)107-100-90-82(68-62-56-50-44-38-32-24-14-4)74-76-84(70-64-58-52-46-40-34-26-16-6)92(90)102(109-100)111-104-94-93(95(113-77-27-17-7)85(19-9)86(20-10)96(94)114-78-28-18-8)103(112-104)110-101-91-83(69-63-57-51-45-39-33-25-15-5)75-73-81(89(91)99(106-97)108-101)67-61-55-49-43-37-31-23-13-3;/h9-10,71-76H,11-18,21-70,77-78H2,1-8H3;/q-2;+2. The molecule has 3 aromatic heterocycles. The number of fused-ring (bicyclic) bond motifs is 20. The smallest absolute Gasteiger partial charge is 0.492 e. The molecule has 0 N–H and O–H groups in total. The van der Waals surface area contributed by atoms with Crippen LogP contribution >= 0.6 is 0 Å². The van der Waals surface area contributed by atoms with Crippen LogP contribution in [0.25, 0.3) is 89.7 Å². The maximum absolute atomic E-state index is 7.10. The molecule has 0 radical (unpaired) electrons. The van der Waals surface area contributed by atoms with Crippen LogP contribution in [0.5, 0.6) is 11.5 Å². The maximum Gasteiger partial charge on any atom is 2.00 e. The quantitative estimate of drug-likeness (QED) is 0.0207. The fourth-order valence-electron chi connectivity index (χ4n) is 17.8. The zero-order valence-corrected chi connectivity index (χ0v) is 74.7. The molecule has 9 rings (SSSR count). The van der Waals surface area contributed by atoms with Crippen LogP contribution in [0.1, 0.15) is 434 Å². The summed E-state index contributed by atoms with van der Waals surface area (Å²) in [4.78, 5) is 47.6. The number of benzene rings is 4. The van der Waals surface area contributed by atoms with Crippen molar-refractivity contribution >= 4 is 44.1 Å². The molecule has 0 atom stereocenters. The number of nitrogens with zero attached hydrogens (tertiary/aromatic N) is 8. The first-order valence-electron chi connectivity index (χ1n) is 47.9. The number of hydrogen-bond donors (Lipinski definition) is 0. The first-order chi connectivity index (χ1) is 56.3. The Kier molecular flexibility index (Phi) is 44.5. The van der Waals surface area contributed by atoms with E-state index in [0.717, 1.165) is 149 Å². The maximum atomic E-state index is 7.10. The molecular formula is C104H152N8NiO2. The minimum atomic E-state index is 0. The number of aryl methyl sites for hydroxylation is 6. The molecule has 115 heavy (non-hydrogen) atoms. The van der Waals surface area contributed by atoms with Crippen molar-refractivity contribution in [2.24, 2.45) is 0 Å².